The summed E-state index contributed by atoms with van der Waals surface area (Å²) in [6, 6.07) is 6.88. The Morgan fingerprint density at radius 3 is 2.33 bits per heavy atom. The molecule has 4 nitrogen and oxygen atoms in total. The second-order valence-corrected chi connectivity index (χ2v) is 6.89. The van der Waals surface area contributed by atoms with Gasteiger partial charge in [-0.25, -0.2) is 8.42 Å². The number of hydrogen-bond acceptors (Lipinski definition) is 3. The van der Waals surface area contributed by atoms with Crippen molar-refractivity contribution < 1.29 is 8.42 Å². The number of sulfonamides is 1. The van der Waals surface area contributed by atoms with E-state index < -0.39 is 15.6 Å². The Bertz CT molecular complexity index is 509. The van der Waals surface area contributed by atoms with E-state index in [0.717, 1.165) is 6.42 Å². The first-order valence-electron chi connectivity index (χ1n) is 6.04. The lowest BCUT2D eigenvalue weighted by Crippen LogP contribution is -2.44. The smallest absolute Gasteiger partial charge is 0.243 e. The molecule has 18 heavy (non-hydrogen) atoms. The SMILES string of the molecule is CCC(C)(C)N(C)S(=O)(=O)c1ccccc1CN. The summed E-state index contributed by atoms with van der Waals surface area (Å²) in [5, 5.41) is 0. The van der Waals surface area contributed by atoms with E-state index in [4.69, 9.17) is 5.73 Å². The minimum Gasteiger partial charge on any atom is -0.326 e. The minimum absolute atomic E-state index is 0.218. The Morgan fingerprint density at radius 1 is 1.28 bits per heavy atom. The van der Waals surface area contributed by atoms with Crippen molar-refractivity contribution in [3.63, 3.8) is 0 Å². The van der Waals surface area contributed by atoms with Crippen LogP contribution in [0.5, 0.6) is 0 Å². The molecule has 1 rings (SSSR count). The summed E-state index contributed by atoms with van der Waals surface area (Å²) in [7, 11) is -1.88. The van der Waals surface area contributed by atoms with Crippen molar-refractivity contribution in [1.82, 2.24) is 4.31 Å². The maximum atomic E-state index is 12.6. The Balaban J connectivity index is 3.30. The molecule has 0 aliphatic heterocycles. The van der Waals surface area contributed by atoms with Crippen LogP contribution in [0.25, 0.3) is 0 Å². The number of nitrogens with zero attached hydrogens (tertiary/aromatic N) is 1. The molecule has 0 atom stereocenters. The molecule has 0 saturated carbocycles. The van der Waals surface area contributed by atoms with Crippen LogP contribution in [-0.2, 0) is 16.6 Å². The van der Waals surface area contributed by atoms with Gasteiger partial charge in [-0.05, 0) is 31.9 Å². The predicted molar refractivity (Wildman–Crippen MR) is 73.7 cm³/mol. The number of nitrogens with two attached hydrogens (primary N) is 1. The first-order valence-corrected chi connectivity index (χ1v) is 7.48. The summed E-state index contributed by atoms with van der Waals surface area (Å²) in [6.07, 6.45) is 0.744. The molecule has 0 fully saturated rings. The second-order valence-electron chi connectivity index (χ2n) is 4.95. The molecule has 102 valence electrons. The summed E-state index contributed by atoms with van der Waals surface area (Å²) in [5.41, 5.74) is 5.84. The molecule has 0 bridgehead atoms. The molecular weight excluding hydrogens is 248 g/mol. The molecule has 0 unspecified atom stereocenters. The molecule has 1 aromatic carbocycles. The highest BCUT2D eigenvalue weighted by Gasteiger charge is 2.33. The topological polar surface area (TPSA) is 63.4 Å². The van der Waals surface area contributed by atoms with Crippen LogP contribution in [0.1, 0.15) is 32.8 Å². The summed E-state index contributed by atoms with van der Waals surface area (Å²) < 4.78 is 26.6. The van der Waals surface area contributed by atoms with Gasteiger partial charge >= 0.3 is 0 Å². The quantitative estimate of drug-likeness (QED) is 0.889. The van der Waals surface area contributed by atoms with Gasteiger partial charge in [-0.3, -0.25) is 0 Å². The van der Waals surface area contributed by atoms with E-state index in [-0.39, 0.29) is 6.54 Å². The van der Waals surface area contributed by atoms with Crippen molar-refractivity contribution in [2.75, 3.05) is 7.05 Å². The van der Waals surface area contributed by atoms with Crippen molar-refractivity contribution in [3.05, 3.63) is 29.8 Å². The zero-order valence-corrected chi connectivity index (χ0v) is 12.3. The van der Waals surface area contributed by atoms with Crippen molar-refractivity contribution in [3.8, 4) is 0 Å². The average Bonchev–Trinajstić information content (AvgIpc) is 2.37. The standard InChI is InChI=1S/C13H22N2O2S/c1-5-13(2,3)15(4)18(16,17)12-9-7-6-8-11(12)10-14/h6-9H,5,10,14H2,1-4H3. The van der Waals surface area contributed by atoms with Crippen LogP contribution in [0, 0.1) is 0 Å². The zero-order chi connectivity index (χ0) is 14.0. The third kappa shape index (κ3) is 2.74. The minimum atomic E-state index is -3.50. The van der Waals surface area contributed by atoms with Crippen LogP contribution in [-0.4, -0.2) is 25.3 Å². The molecule has 2 N–H and O–H groups in total. The van der Waals surface area contributed by atoms with Crippen LogP contribution in [0.4, 0.5) is 0 Å². The maximum absolute atomic E-state index is 12.6. The van der Waals surface area contributed by atoms with E-state index in [2.05, 4.69) is 0 Å². The summed E-state index contributed by atoms with van der Waals surface area (Å²) >= 11 is 0. The van der Waals surface area contributed by atoms with Gasteiger partial charge in [0.15, 0.2) is 0 Å². The molecule has 0 aliphatic rings. The van der Waals surface area contributed by atoms with E-state index in [1.807, 2.05) is 20.8 Å². The largest absolute Gasteiger partial charge is 0.326 e. The summed E-state index contributed by atoms with van der Waals surface area (Å²) in [4.78, 5) is 0.302. The molecular formula is C13H22N2O2S. The molecule has 0 aliphatic carbocycles. The Labute approximate surface area is 110 Å². The van der Waals surface area contributed by atoms with E-state index in [0.29, 0.717) is 10.5 Å². The van der Waals surface area contributed by atoms with Crippen molar-refractivity contribution >= 4 is 10.0 Å². The van der Waals surface area contributed by atoms with Crippen LogP contribution in [0.15, 0.2) is 29.2 Å². The highest BCUT2D eigenvalue weighted by atomic mass is 32.2. The van der Waals surface area contributed by atoms with Crippen molar-refractivity contribution in [1.29, 1.82) is 0 Å². The summed E-state index contributed by atoms with van der Waals surface area (Å²) in [5.74, 6) is 0. The molecule has 0 radical (unpaired) electrons. The first kappa shape index (κ1) is 15.1. The predicted octanol–water partition coefficient (Wildman–Crippen LogP) is 1.95. The molecule has 0 heterocycles. The molecule has 0 aromatic heterocycles. The monoisotopic (exact) mass is 270 g/mol. The van der Waals surface area contributed by atoms with Crippen LogP contribution in [0.2, 0.25) is 0 Å². The van der Waals surface area contributed by atoms with Crippen LogP contribution < -0.4 is 5.73 Å². The number of hydrogen-bond donors (Lipinski definition) is 1. The Morgan fingerprint density at radius 2 is 1.83 bits per heavy atom. The van der Waals surface area contributed by atoms with Gasteiger partial charge in [0.1, 0.15) is 0 Å². The van der Waals surface area contributed by atoms with Gasteiger partial charge in [-0.2, -0.15) is 4.31 Å². The van der Waals surface area contributed by atoms with Crippen LogP contribution in [0.3, 0.4) is 0 Å². The molecule has 5 heteroatoms. The van der Waals surface area contributed by atoms with Crippen LogP contribution >= 0.6 is 0 Å². The highest BCUT2D eigenvalue weighted by molar-refractivity contribution is 7.89. The third-order valence-electron chi connectivity index (χ3n) is 3.55. The van der Waals surface area contributed by atoms with Gasteiger partial charge in [0, 0.05) is 19.1 Å². The lowest BCUT2D eigenvalue weighted by atomic mass is 10.0. The summed E-state index contributed by atoms with van der Waals surface area (Å²) in [6.45, 7) is 6.02. The highest BCUT2D eigenvalue weighted by Crippen LogP contribution is 2.26. The van der Waals surface area contributed by atoms with Gasteiger partial charge in [0.05, 0.1) is 4.90 Å². The van der Waals surface area contributed by atoms with Gasteiger partial charge in [-0.15, -0.1) is 0 Å². The molecule has 0 amide bonds. The van der Waals surface area contributed by atoms with Crippen molar-refractivity contribution in [2.45, 2.75) is 44.2 Å². The number of rotatable bonds is 5. The molecule has 1 aromatic rings. The first-order chi connectivity index (χ1) is 8.27. The van der Waals surface area contributed by atoms with E-state index >= 15 is 0 Å². The van der Waals surface area contributed by atoms with Gasteiger partial charge in [0.2, 0.25) is 10.0 Å². The molecule has 0 saturated heterocycles. The lowest BCUT2D eigenvalue weighted by molar-refractivity contribution is 0.257. The maximum Gasteiger partial charge on any atom is 0.243 e. The van der Waals surface area contributed by atoms with E-state index in [9.17, 15) is 8.42 Å². The second kappa shape index (κ2) is 5.38. The normalized spacial score (nSPS) is 13.0. The van der Waals surface area contributed by atoms with Gasteiger partial charge in [0.25, 0.3) is 0 Å². The third-order valence-corrected chi connectivity index (χ3v) is 5.72. The van der Waals surface area contributed by atoms with Crippen molar-refractivity contribution in [2.24, 2.45) is 5.73 Å². The van der Waals surface area contributed by atoms with E-state index in [1.54, 1.807) is 31.3 Å². The molecule has 0 spiro atoms. The average molecular weight is 270 g/mol. The fourth-order valence-corrected chi connectivity index (χ4v) is 3.43. The Hall–Kier alpha value is -0.910. The fraction of sp³-hybridized carbons (Fsp3) is 0.538. The van der Waals surface area contributed by atoms with Gasteiger partial charge < -0.3 is 5.73 Å². The van der Waals surface area contributed by atoms with E-state index in [1.165, 1.54) is 4.31 Å². The lowest BCUT2D eigenvalue weighted by Gasteiger charge is -2.34. The van der Waals surface area contributed by atoms with Gasteiger partial charge in [-0.1, -0.05) is 25.1 Å². The fourth-order valence-electron chi connectivity index (χ4n) is 1.62. The Kier molecular flexibility index (Phi) is 4.53. The zero-order valence-electron chi connectivity index (χ0n) is 11.5. The number of benzene rings is 1.